The number of carboxylic acid groups (broad SMARTS) is 1. The number of ether oxygens (including phenoxy) is 7. The van der Waals surface area contributed by atoms with Gasteiger partial charge in [-0.25, -0.2) is 28.8 Å². The van der Waals surface area contributed by atoms with Gasteiger partial charge in [0.05, 0.1) is 33.4 Å². The minimum Gasteiger partial charge on any atom is -0.504 e. The number of hydrogen-bond donors (Lipinski definition) is 18. The van der Waals surface area contributed by atoms with Crippen LogP contribution in [0, 0.1) is 0 Å². The van der Waals surface area contributed by atoms with Crippen molar-refractivity contribution in [1.82, 2.24) is 0 Å². The van der Waals surface area contributed by atoms with Gasteiger partial charge in [0.15, 0.2) is 87.0 Å². The summed E-state index contributed by atoms with van der Waals surface area (Å²) in [6.07, 6.45) is -13.2. The smallest absolute Gasteiger partial charge is 0.343 e. The van der Waals surface area contributed by atoms with Gasteiger partial charge in [0.25, 0.3) is 0 Å². The summed E-state index contributed by atoms with van der Waals surface area (Å²) in [5.74, 6) is -38.6. The van der Waals surface area contributed by atoms with Gasteiger partial charge in [-0.15, -0.1) is 0 Å². The van der Waals surface area contributed by atoms with Crippen LogP contribution in [0.2, 0.25) is 0 Å². The first-order valence-electron chi connectivity index (χ1n) is 21.7. The van der Waals surface area contributed by atoms with Gasteiger partial charge in [0, 0.05) is 16.7 Å². The van der Waals surface area contributed by atoms with Crippen LogP contribution in [0.3, 0.4) is 0 Å². The maximum atomic E-state index is 15.3. The second-order valence-electron chi connectivity index (χ2n) is 16.9. The van der Waals surface area contributed by atoms with E-state index in [0.29, 0.717) is 42.5 Å². The van der Waals surface area contributed by atoms with E-state index in [4.69, 9.17) is 33.2 Å². The van der Waals surface area contributed by atoms with Gasteiger partial charge < -0.3 is 125 Å². The Kier molecular flexibility index (Phi) is 12.4. The predicted octanol–water partition coefficient (Wildman–Crippen LogP) is 2.55. The third kappa shape index (κ3) is 8.40. The fourth-order valence-electron chi connectivity index (χ4n) is 8.50. The van der Waals surface area contributed by atoms with Gasteiger partial charge in [-0.1, -0.05) is 0 Å². The zero-order chi connectivity index (χ0) is 57.7. The highest BCUT2D eigenvalue weighted by molar-refractivity contribution is 6.11. The minimum absolute atomic E-state index is 0.335. The molecule has 0 radical (unpaired) electrons. The Labute approximate surface area is 433 Å². The summed E-state index contributed by atoms with van der Waals surface area (Å²) >= 11 is 0. The molecule has 31 heteroatoms. The molecule has 1 fully saturated rings. The van der Waals surface area contributed by atoms with Crippen LogP contribution in [0.4, 0.5) is 0 Å². The molecular weight excluding hydrogens is 1070 g/mol. The van der Waals surface area contributed by atoms with E-state index in [1.807, 2.05) is 0 Å². The summed E-state index contributed by atoms with van der Waals surface area (Å²) in [6.45, 7) is -1.42. The van der Waals surface area contributed by atoms with Crippen LogP contribution in [0.1, 0.15) is 62.1 Å². The molecule has 18 N–H and O–H groups in total. The van der Waals surface area contributed by atoms with Gasteiger partial charge >= 0.3 is 35.8 Å². The first-order valence-corrected chi connectivity index (χ1v) is 21.7. The van der Waals surface area contributed by atoms with E-state index < -0.39 is 238 Å². The lowest BCUT2D eigenvalue weighted by Gasteiger charge is -2.44. The van der Waals surface area contributed by atoms with Crippen LogP contribution in [0.25, 0.3) is 22.3 Å². The molecule has 3 aliphatic heterocycles. The number of hydrogen-bond acceptors (Lipinski definition) is 30. The molecular formula is C48H32O31. The van der Waals surface area contributed by atoms with Gasteiger partial charge in [-0.3, -0.25) is 0 Å². The molecule has 3 aliphatic rings. The van der Waals surface area contributed by atoms with Crippen molar-refractivity contribution in [2.75, 3.05) is 6.61 Å². The second kappa shape index (κ2) is 18.7. The lowest BCUT2D eigenvalue weighted by Crippen LogP contribution is -2.63. The van der Waals surface area contributed by atoms with Crippen molar-refractivity contribution >= 4 is 35.8 Å². The van der Waals surface area contributed by atoms with Gasteiger partial charge in [0.2, 0.25) is 46.9 Å². The molecule has 5 atom stereocenters. The third-order valence-corrected chi connectivity index (χ3v) is 12.2. The van der Waals surface area contributed by atoms with Crippen molar-refractivity contribution in [2.24, 2.45) is 0 Å². The Morgan fingerprint density at radius 1 is 0.418 bits per heavy atom. The molecule has 0 spiro atoms. The zero-order valence-corrected chi connectivity index (χ0v) is 38.5. The van der Waals surface area contributed by atoms with Crippen LogP contribution in [0.15, 0.2) is 42.5 Å². The summed E-state index contributed by atoms with van der Waals surface area (Å²) in [7, 11) is 0. The molecule has 0 bridgehead atoms. The number of benzene rings is 6. The standard InChI is InChI=1S/C48H32O31/c49-14-2-10(3-15(50)27(14)55)43(68)79-48-41-40(77-45(70)12-6-18(53)29(57)32(60)22(12)23-13(46(71)78-41)7-19(54)30(58)33(23)61)38-21(75-48)8-73-44(69)11-5-17(52)31(59)34(62)24(11)25-26(47(72)76-38)39(37(65)36(64)35(25)63)74-20-4-9(42(66)67)1-16(51)28(20)56/h1-7,21,38,40-41,48-65H,8H2,(H,66,67)/t21-,38-,40+,41-,48-/m1/s1. The monoisotopic (exact) mass is 1100 g/mol. The number of carbonyl (C=O) groups excluding carboxylic acids is 5. The maximum Gasteiger partial charge on any atom is 0.343 e. The molecule has 1 saturated heterocycles. The quantitative estimate of drug-likeness (QED) is 0.0670. The number of carboxylic acids is 1. The molecule has 0 aromatic heterocycles. The summed E-state index contributed by atoms with van der Waals surface area (Å²) < 4.78 is 39.4. The largest absolute Gasteiger partial charge is 0.504 e. The van der Waals surface area contributed by atoms with Crippen molar-refractivity contribution in [3.63, 3.8) is 0 Å². The predicted molar refractivity (Wildman–Crippen MR) is 244 cm³/mol. The van der Waals surface area contributed by atoms with Gasteiger partial charge in [-0.2, -0.15) is 0 Å². The Morgan fingerprint density at radius 2 is 0.848 bits per heavy atom. The molecule has 6 aromatic rings. The number of fused-ring (bicyclic) bond motifs is 9. The number of carbonyl (C=O) groups is 6. The molecule has 0 amide bonds. The van der Waals surface area contributed by atoms with E-state index in [9.17, 15) is 116 Å². The Bertz CT molecular complexity index is 3710. The molecule has 9 rings (SSSR count). The van der Waals surface area contributed by atoms with Crippen molar-refractivity contribution in [2.45, 2.75) is 30.7 Å². The fourth-order valence-corrected chi connectivity index (χ4v) is 8.50. The summed E-state index contributed by atoms with van der Waals surface area (Å²) in [5.41, 5.74) is -12.0. The fraction of sp³-hybridized carbons (Fsp3) is 0.125. The summed E-state index contributed by atoms with van der Waals surface area (Å²) in [6, 6.07) is 2.98. The van der Waals surface area contributed by atoms with E-state index >= 15 is 4.79 Å². The van der Waals surface area contributed by atoms with Crippen LogP contribution in [0.5, 0.6) is 109 Å². The molecule has 0 saturated carbocycles. The SMILES string of the molecule is O=C(O)c1cc(O)c(O)c(Oc2c(O)c(O)c(O)c3c2C(=O)O[C@H]2[C@@H]4OC(=O)c5cc(O)c(O)c(O)c5-c5c(cc(O)c(O)c5O)C(=O)O[C@H]4[C@@H](OC(=O)c4cc(O)c(O)c(O)c4)O[C@@H]2COC(=O)c2cc(O)c(O)c(O)c2-3)c1. The number of cyclic esters (lactones) is 1. The van der Waals surface area contributed by atoms with Crippen LogP contribution < -0.4 is 4.74 Å². The highest BCUT2D eigenvalue weighted by atomic mass is 16.7. The second-order valence-corrected chi connectivity index (χ2v) is 16.9. The minimum atomic E-state index is -2.74. The third-order valence-electron chi connectivity index (χ3n) is 12.2. The number of aromatic hydroxyl groups is 17. The average molecular weight is 1100 g/mol. The number of rotatable bonds is 5. The average Bonchev–Trinajstić information content (AvgIpc) is 3.58. The molecule has 79 heavy (non-hydrogen) atoms. The van der Waals surface area contributed by atoms with Crippen molar-refractivity contribution in [3.05, 3.63) is 75.8 Å². The van der Waals surface area contributed by atoms with E-state index in [1.54, 1.807) is 0 Å². The first kappa shape index (κ1) is 52.4. The van der Waals surface area contributed by atoms with Crippen LogP contribution >= 0.6 is 0 Å². The number of phenolic OH excluding ortho intramolecular Hbond substituents is 17. The van der Waals surface area contributed by atoms with Crippen LogP contribution in [-0.2, 0) is 28.4 Å². The molecule has 3 heterocycles. The Hall–Kier alpha value is -11.5. The van der Waals surface area contributed by atoms with Crippen LogP contribution in [-0.4, -0.2) is 165 Å². The van der Waals surface area contributed by atoms with E-state index in [1.165, 1.54) is 0 Å². The summed E-state index contributed by atoms with van der Waals surface area (Å²) in [5, 5.41) is 193. The van der Waals surface area contributed by atoms with E-state index in [-0.39, 0.29) is 0 Å². The number of esters is 5. The Balaban J connectivity index is 1.32. The first-order chi connectivity index (χ1) is 37.1. The van der Waals surface area contributed by atoms with Crippen molar-refractivity contribution in [3.8, 4) is 131 Å². The van der Waals surface area contributed by atoms with Gasteiger partial charge in [-0.05, 0) is 42.5 Å². The maximum absolute atomic E-state index is 15.3. The molecule has 0 aliphatic carbocycles. The topological polar surface area (TPSA) is 531 Å². The van der Waals surface area contributed by atoms with E-state index in [2.05, 4.69) is 0 Å². The Morgan fingerprint density at radius 3 is 1.37 bits per heavy atom. The molecule has 31 nitrogen and oxygen atoms in total. The number of phenols is 17. The van der Waals surface area contributed by atoms with Gasteiger partial charge in [0.1, 0.15) is 18.3 Å². The van der Waals surface area contributed by atoms with E-state index in [0.717, 1.165) is 0 Å². The van der Waals surface area contributed by atoms with Crippen molar-refractivity contribution in [1.29, 1.82) is 0 Å². The van der Waals surface area contributed by atoms with Crippen molar-refractivity contribution < 1.29 is 154 Å². The molecule has 410 valence electrons. The summed E-state index contributed by atoms with van der Waals surface area (Å²) in [4.78, 5) is 84.7. The lowest BCUT2D eigenvalue weighted by molar-refractivity contribution is -0.282. The normalized spacial score (nSPS) is 18.7. The zero-order valence-electron chi connectivity index (χ0n) is 38.5. The lowest BCUT2D eigenvalue weighted by atomic mass is 9.90. The highest BCUT2D eigenvalue weighted by Gasteiger charge is 2.56. The number of aromatic carboxylic acids is 1. The molecule has 6 aromatic carbocycles. The highest BCUT2D eigenvalue weighted by Crippen LogP contribution is 2.59. The molecule has 0 unspecified atom stereocenters.